The summed E-state index contributed by atoms with van der Waals surface area (Å²) in [5.74, 6) is 0. The van der Waals surface area contributed by atoms with E-state index in [1.165, 1.54) is 83.0 Å². The zero-order chi connectivity index (χ0) is 33.0. The summed E-state index contributed by atoms with van der Waals surface area (Å²) in [6, 6.07) is 62.1. The molecule has 0 amide bonds. The van der Waals surface area contributed by atoms with Gasteiger partial charge in [-0.25, -0.2) is 0 Å². The topological polar surface area (TPSA) is 9.86 Å². The third-order valence-corrected chi connectivity index (χ3v) is 10.4. The Labute approximate surface area is 291 Å². The molecule has 2 heterocycles. The Hall–Kier alpha value is -6.38. The van der Waals surface area contributed by atoms with Crippen LogP contribution in [0.15, 0.2) is 176 Å². The van der Waals surface area contributed by atoms with E-state index in [1.54, 1.807) is 0 Å². The largest absolute Gasteiger partial charge is 0.313 e. The second-order valence-electron chi connectivity index (χ2n) is 13.3. The standard InChI is InChI=1S/C48H34N2/c1-4-14-33(15-5-1)37-28-38(34-16-6-2-7-17-34)30-40(29-37)50-46-23-13-11-21-42(46)44-32-36(25-27-48(44)50)35-24-26-47-43(31-35)41-20-10-12-22-45(41)49(47)39-18-8-3-9-19-39/h1-11,13-21,23-32H,12,22H2. The number of nitrogens with zero attached hydrogens (tertiary/aromatic N) is 2. The lowest BCUT2D eigenvalue weighted by Crippen LogP contribution is -2.02. The van der Waals surface area contributed by atoms with Crippen LogP contribution in [0.1, 0.15) is 17.7 Å². The van der Waals surface area contributed by atoms with Crippen molar-refractivity contribution in [3.05, 3.63) is 187 Å². The molecule has 0 fully saturated rings. The van der Waals surface area contributed by atoms with E-state index in [4.69, 9.17) is 0 Å². The fourth-order valence-corrected chi connectivity index (χ4v) is 8.04. The van der Waals surface area contributed by atoms with E-state index in [9.17, 15) is 0 Å². The number of aromatic nitrogens is 2. The highest BCUT2D eigenvalue weighted by molar-refractivity contribution is 6.11. The first kappa shape index (κ1) is 28.6. The summed E-state index contributed by atoms with van der Waals surface area (Å²) in [6.45, 7) is 0. The van der Waals surface area contributed by atoms with E-state index in [0.717, 1.165) is 18.5 Å². The van der Waals surface area contributed by atoms with Crippen LogP contribution in [-0.4, -0.2) is 9.13 Å². The molecule has 0 saturated carbocycles. The normalized spacial score (nSPS) is 12.6. The zero-order valence-electron chi connectivity index (χ0n) is 27.6. The van der Waals surface area contributed by atoms with Crippen molar-refractivity contribution in [1.29, 1.82) is 0 Å². The highest BCUT2D eigenvalue weighted by Gasteiger charge is 2.20. The lowest BCUT2D eigenvalue weighted by molar-refractivity contribution is 0.888. The van der Waals surface area contributed by atoms with Gasteiger partial charge in [0.2, 0.25) is 0 Å². The Morgan fingerprint density at radius 2 is 0.920 bits per heavy atom. The lowest BCUT2D eigenvalue weighted by Gasteiger charge is -2.14. The molecule has 0 unspecified atom stereocenters. The maximum Gasteiger partial charge on any atom is 0.0541 e. The number of allylic oxidation sites excluding steroid dienone is 1. The van der Waals surface area contributed by atoms with Gasteiger partial charge >= 0.3 is 0 Å². The van der Waals surface area contributed by atoms with E-state index >= 15 is 0 Å². The van der Waals surface area contributed by atoms with Gasteiger partial charge in [0, 0.05) is 38.8 Å². The van der Waals surface area contributed by atoms with Gasteiger partial charge in [0.1, 0.15) is 0 Å². The molecule has 1 aliphatic carbocycles. The van der Waals surface area contributed by atoms with Crippen molar-refractivity contribution in [3.63, 3.8) is 0 Å². The number of hydrogen-bond acceptors (Lipinski definition) is 0. The van der Waals surface area contributed by atoms with Crippen LogP contribution in [0.2, 0.25) is 0 Å². The van der Waals surface area contributed by atoms with Gasteiger partial charge in [-0.1, -0.05) is 121 Å². The van der Waals surface area contributed by atoms with Crippen LogP contribution in [0.4, 0.5) is 0 Å². The minimum absolute atomic E-state index is 1.05. The molecule has 1 aliphatic rings. The molecule has 0 saturated heterocycles. The number of fused-ring (bicyclic) bond motifs is 6. The third kappa shape index (κ3) is 4.64. The number of hydrogen-bond donors (Lipinski definition) is 0. The van der Waals surface area contributed by atoms with Gasteiger partial charge in [-0.05, 0) is 107 Å². The van der Waals surface area contributed by atoms with Crippen LogP contribution >= 0.6 is 0 Å². The molecule has 0 atom stereocenters. The van der Waals surface area contributed by atoms with Crippen molar-refractivity contribution >= 4 is 38.8 Å². The maximum absolute atomic E-state index is 2.46. The summed E-state index contributed by atoms with van der Waals surface area (Å²) >= 11 is 0. The van der Waals surface area contributed by atoms with Crippen molar-refractivity contribution in [2.45, 2.75) is 12.8 Å². The van der Waals surface area contributed by atoms with Crippen molar-refractivity contribution < 1.29 is 0 Å². The number of benzene rings is 7. The Morgan fingerprint density at radius 3 is 1.60 bits per heavy atom. The first-order chi connectivity index (χ1) is 24.8. The van der Waals surface area contributed by atoms with Crippen molar-refractivity contribution in [2.75, 3.05) is 0 Å². The van der Waals surface area contributed by atoms with E-state index in [-0.39, 0.29) is 0 Å². The predicted octanol–water partition coefficient (Wildman–Crippen LogP) is 12.7. The Bertz CT molecular complexity index is 2670. The molecule has 0 spiro atoms. The molecule has 0 N–H and O–H groups in total. The average molecular weight is 639 g/mol. The fraction of sp³-hybridized carbons (Fsp3) is 0.0417. The molecule has 2 aromatic heterocycles. The molecule has 9 aromatic rings. The molecule has 10 rings (SSSR count). The Morgan fingerprint density at radius 1 is 0.360 bits per heavy atom. The Balaban J connectivity index is 1.16. The summed E-state index contributed by atoms with van der Waals surface area (Å²) in [5, 5.41) is 3.83. The fourth-order valence-electron chi connectivity index (χ4n) is 8.04. The summed E-state index contributed by atoms with van der Waals surface area (Å²) in [4.78, 5) is 0. The minimum atomic E-state index is 1.05. The first-order valence-electron chi connectivity index (χ1n) is 17.5. The van der Waals surface area contributed by atoms with Crippen molar-refractivity contribution in [3.8, 4) is 44.8 Å². The van der Waals surface area contributed by atoms with Crippen LogP contribution in [0.3, 0.4) is 0 Å². The minimum Gasteiger partial charge on any atom is -0.313 e. The summed E-state index contributed by atoms with van der Waals surface area (Å²) in [7, 11) is 0. The third-order valence-electron chi connectivity index (χ3n) is 10.4. The molecular formula is C48H34N2. The van der Waals surface area contributed by atoms with Crippen LogP contribution in [0.5, 0.6) is 0 Å². The van der Waals surface area contributed by atoms with Gasteiger partial charge in [0.25, 0.3) is 0 Å². The monoisotopic (exact) mass is 638 g/mol. The molecule has 2 heteroatoms. The molecule has 7 aromatic carbocycles. The highest BCUT2D eigenvalue weighted by atomic mass is 15.0. The number of para-hydroxylation sites is 2. The molecule has 0 bridgehead atoms. The Kier molecular flexibility index (Phi) is 6.67. The van der Waals surface area contributed by atoms with Crippen LogP contribution in [-0.2, 0) is 6.42 Å². The smallest absolute Gasteiger partial charge is 0.0541 e. The maximum atomic E-state index is 2.46. The second-order valence-corrected chi connectivity index (χ2v) is 13.3. The predicted molar refractivity (Wildman–Crippen MR) is 211 cm³/mol. The van der Waals surface area contributed by atoms with E-state index in [2.05, 4.69) is 191 Å². The van der Waals surface area contributed by atoms with Crippen LogP contribution in [0, 0.1) is 0 Å². The number of rotatable bonds is 5. The second kappa shape index (κ2) is 11.6. The van der Waals surface area contributed by atoms with E-state index in [0.29, 0.717) is 0 Å². The molecule has 0 aliphatic heterocycles. The zero-order valence-corrected chi connectivity index (χ0v) is 27.6. The summed E-state index contributed by atoms with van der Waals surface area (Å²) in [5.41, 5.74) is 16.1. The van der Waals surface area contributed by atoms with E-state index < -0.39 is 0 Å². The van der Waals surface area contributed by atoms with Gasteiger partial charge in [-0.2, -0.15) is 0 Å². The molecule has 236 valence electrons. The van der Waals surface area contributed by atoms with Crippen LogP contribution < -0.4 is 0 Å². The molecule has 50 heavy (non-hydrogen) atoms. The van der Waals surface area contributed by atoms with Gasteiger partial charge in [-0.15, -0.1) is 0 Å². The molecule has 2 nitrogen and oxygen atoms in total. The lowest BCUT2D eigenvalue weighted by atomic mass is 9.97. The van der Waals surface area contributed by atoms with Crippen LogP contribution in [0.25, 0.3) is 83.5 Å². The first-order valence-corrected chi connectivity index (χ1v) is 17.5. The summed E-state index contributed by atoms with van der Waals surface area (Å²) < 4.78 is 4.90. The SMILES string of the molecule is C1=Cc2c(n(-c3ccccc3)c3ccc(-c4ccc5c(c4)c4ccccc4n5-c4cc(-c5ccccc5)cc(-c5ccccc5)c4)cc23)CC1. The molecule has 0 radical (unpaired) electrons. The van der Waals surface area contributed by atoms with Gasteiger partial charge < -0.3 is 9.13 Å². The van der Waals surface area contributed by atoms with E-state index in [1.807, 2.05) is 0 Å². The van der Waals surface area contributed by atoms with Gasteiger partial charge in [0.15, 0.2) is 0 Å². The molecular weight excluding hydrogens is 605 g/mol. The van der Waals surface area contributed by atoms with Crippen molar-refractivity contribution in [1.82, 2.24) is 9.13 Å². The highest BCUT2D eigenvalue weighted by Crippen LogP contribution is 2.40. The van der Waals surface area contributed by atoms with Gasteiger partial charge in [0.05, 0.1) is 16.6 Å². The van der Waals surface area contributed by atoms with Gasteiger partial charge in [-0.3, -0.25) is 0 Å². The average Bonchev–Trinajstić information content (AvgIpc) is 3.71. The summed E-state index contributed by atoms with van der Waals surface area (Å²) in [6.07, 6.45) is 6.77. The van der Waals surface area contributed by atoms with Crippen molar-refractivity contribution in [2.24, 2.45) is 0 Å². The quantitative estimate of drug-likeness (QED) is 0.178.